The quantitative estimate of drug-likeness (QED) is 0.192. The topological polar surface area (TPSA) is 201 Å². The molecular weight excluding hydrogens is 1830 g/mol. The smallest absolute Gasteiger partial charge is 0.319 e. The van der Waals surface area contributed by atoms with E-state index in [2.05, 4.69) is 152 Å². The van der Waals surface area contributed by atoms with Gasteiger partial charge >= 0.3 is 6.03 Å². The molecule has 0 radical (unpaired) electrons. The van der Waals surface area contributed by atoms with E-state index in [0.717, 1.165) is 180 Å². The maximum Gasteiger partial charge on any atom is 0.319 e. The molecule has 0 unspecified atom stereocenters. The molecule has 4 saturated heterocycles. The fourth-order valence-electron chi connectivity index (χ4n) is 43.4. The molecule has 2 aromatic rings. The van der Waals surface area contributed by atoms with Crippen molar-refractivity contribution in [1.82, 2.24) is 29.8 Å². The number of nitrogens with zero attached hydrogens (tertiary/aromatic N) is 3. The molecule has 24 aliphatic rings. The van der Waals surface area contributed by atoms with Gasteiger partial charge in [-0.15, -0.1) is 5.10 Å². The molecule has 26 rings (SSSR count). The second-order valence-electron chi connectivity index (χ2n) is 58.4. The van der Waals surface area contributed by atoms with E-state index < -0.39 is 20.0 Å². The predicted molar refractivity (Wildman–Crippen MR) is 583 cm³/mol. The Morgan fingerprint density at radius 1 is 0.352 bits per heavy atom. The minimum atomic E-state index is -3.12. The second kappa shape index (κ2) is 39.5. The normalized spacial score (nSPS) is 50.2. The highest BCUT2D eigenvalue weighted by Gasteiger charge is 2.67. The van der Waals surface area contributed by atoms with Gasteiger partial charge in [-0.2, -0.15) is 0 Å². The van der Waals surface area contributed by atoms with Crippen LogP contribution in [0.2, 0.25) is 0 Å². The number of rotatable bonds is 7. The molecule has 16 saturated carbocycles. The first-order chi connectivity index (χ1) is 69.1. The average Bonchev–Trinajstić information content (AvgIpc) is 1.57. The van der Waals surface area contributed by atoms with Gasteiger partial charge in [0.15, 0.2) is 0 Å². The number of aromatic nitrogens is 3. The highest BCUT2D eigenvalue weighted by Crippen LogP contribution is 2.73. The van der Waals surface area contributed by atoms with Crippen LogP contribution in [0.3, 0.4) is 0 Å². The third-order valence-electron chi connectivity index (χ3n) is 51.3. The van der Waals surface area contributed by atoms with Crippen LogP contribution < -0.4 is 20.1 Å². The minimum Gasteiger partial charge on any atom is -0.371 e. The number of benzene rings is 1. The van der Waals surface area contributed by atoms with E-state index in [1.54, 1.807) is 22.3 Å². The third-order valence-corrected chi connectivity index (χ3v) is 52.9. The molecule has 145 heavy (non-hydrogen) atoms. The van der Waals surface area contributed by atoms with Gasteiger partial charge in [0, 0.05) is 30.0 Å². The highest BCUT2D eigenvalue weighted by atomic mass is 32.2. The Bertz CT molecular complexity index is 5260. The van der Waals surface area contributed by atoms with E-state index >= 15 is 0 Å². The van der Waals surface area contributed by atoms with Crippen LogP contribution in [-0.4, -0.2) is 115 Å². The molecule has 5 heterocycles. The van der Waals surface area contributed by atoms with E-state index in [9.17, 15) is 21.6 Å². The maximum absolute atomic E-state index is 12.7. The van der Waals surface area contributed by atoms with E-state index in [0.29, 0.717) is 87.7 Å². The molecule has 4 N–H and O–H groups in total. The lowest BCUT2D eigenvalue weighted by Gasteiger charge is -2.54. The van der Waals surface area contributed by atoms with Crippen molar-refractivity contribution in [1.29, 1.82) is 0 Å². The second-order valence-corrected chi connectivity index (χ2v) is 61.9. The first-order valence-corrected chi connectivity index (χ1v) is 65.3. The van der Waals surface area contributed by atoms with Crippen LogP contribution in [-0.2, 0) is 39.0 Å². The zero-order valence-corrected chi connectivity index (χ0v) is 95.2. The number of sulfonamides is 2. The zero-order valence-electron chi connectivity index (χ0n) is 93.6. The molecule has 4 aliphatic heterocycles. The van der Waals surface area contributed by atoms with E-state index in [1.165, 1.54) is 282 Å². The lowest BCUT2D eigenvalue weighted by Crippen LogP contribution is -2.51. The van der Waals surface area contributed by atoms with E-state index in [1.807, 2.05) is 58.8 Å². The van der Waals surface area contributed by atoms with Crippen LogP contribution >= 0.6 is 0 Å². The summed E-state index contributed by atoms with van der Waals surface area (Å²) >= 11 is 0. The first-order valence-electron chi connectivity index (χ1n) is 61.5. The van der Waals surface area contributed by atoms with Gasteiger partial charge in [-0.3, -0.25) is 0 Å². The Kier molecular flexibility index (Phi) is 28.4. The molecule has 20 aliphatic carbocycles. The van der Waals surface area contributed by atoms with Crippen molar-refractivity contribution in [3.05, 3.63) is 87.3 Å². The number of anilines is 1. The number of ether oxygens (including phenoxy) is 4. The third kappa shape index (κ3) is 18.8. The summed E-state index contributed by atoms with van der Waals surface area (Å²) in [5.74, 6) is 22.0. The number of allylic oxidation sites excluding steroid dienone is 4. The number of urea groups is 1. The number of amides is 2. The summed E-state index contributed by atoms with van der Waals surface area (Å²) in [4.78, 5) is 12.7. The van der Waals surface area contributed by atoms with Crippen molar-refractivity contribution in [2.45, 2.75) is 490 Å². The molecule has 0 bridgehead atoms. The Labute approximate surface area is 878 Å². The fraction of sp³-hybridized carbons (Fsp3) is 0.866. The largest absolute Gasteiger partial charge is 0.371 e. The molecule has 44 atom stereocenters. The molecule has 16 nitrogen and oxygen atoms in total. The minimum absolute atomic E-state index is 0.0519. The molecule has 806 valence electrons. The molecule has 18 heteroatoms. The van der Waals surface area contributed by atoms with Crippen molar-refractivity contribution in [2.75, 3.05) is 17.8 Å². The summed E-state index contributed by atoms with van der Waals surface area (Å²) in [6.45, 7) is 40.2. The number of nitrogens with one attached hydrogen (secondary N) is 4. The average molecular weight is 2030 g/mol. The fourth-order valence-corrected chi connectivity index (χ4v) is 45.0. The molecule has 20 fully saturated rings. The number of carbonyl (C=O) groups excluding carboxylic acids is 1. The highest BCUT2D eigenvalue weighted by molar-refractivity contribution is 7.89. The van der Waals surface area contributed by atoms with E-state index in [4.69, 9.17) is 18.9 Å². The van der Waals surface area contributed by atoms with Crippen molar-refractivity contribution < 1.29 is 40.6 Å². The number of hydrogen-bond acceptors (Lipinski definition) is 11. The Hall–Kier alpha value is -3.75. The molecular formula is C127H197N7O9S2. The van der Waals surface area contributed by atoms with Crippen molar-refractivity contribution >= 4 is 31.8 Å². The molecule has 1 aromatic heterocycles. The summed E-state index contributed by atoms with van der Waals surface area (Å²) in [5.41, 5.74) is 17.1. The number of hydrogen-bond donors (Lipinski definition) is 4. The van der Waals surface area contributed by atoms with Crippen LogP contribution in [0, 0.1) is 187 Å². The van der Waals surface area contributed by atoms with Crippen LogP contribution in [0.15, 0.2) is 87.3 Å². The number of fused-ring (bicyclic) bond motifs is 24. The van der Waals surface area contributed by atoms with Gasteiger partial charge < -0.3 is 29.6 Å². The Balaban J connectivity index is 0.000000107. The lowest BCUT2D eigenvalue weighted by molar-refractivity contribution is -0.0769. The zero-order chi connectivity index (χ0) is 101. The monoisotopic (exact) mass is 2030 g/mol. The summed E-state index contributed by atoms with van der Waals surface area (Å²) in [6, 6.07) is 10.9. The van der Waals surface area contributed by atoms with Crippen molar-refractivity contribution in [3.8, 4) is 0 Å². The predicted octanol–water partition coefficient (Wildman–Crippen LogP) is 29.1. The van der Waals surface area contributed by atoms with Crippen LogP contribution in [0.1, 0.15) is 425 Å². The van der Waals surface area contributed by atoms with Gasteiger partial charge in [0.25, 0.3) is 0 Å². The number of carbonyl (C=O) groups is 1. The van der Waals surface area contributed by atoms with Gasteiger partial charge in [-0.05, 0) is 510 Å². The van der Waals surface area contributed by atoms with Crippen molar-refractivity contribution in [2.24, 2.45) is 187 Å². The van der Waals surface area contributed by atoms with Gasteiger partial charge in [0.1, 0.15) is 0 Å². The van der Waals surface area contributed by atoms with Crippen LogP contribution in [0.4, 0.5) is 10.5 Å². The summed E-state index contributed by atoms with van der Waals surface area (Å²) in [7, 11) is -6.25. The van der Waals surface area contributed by atoms with Crippen LogP contribution in [0.25, 0.3) is 0 Å². The van der Waals surface area contributed by atoms with E-state index in [-0.39, 0.29) is 40.5 Å². The maximum atomic E-state index is 12.7. The molecule has 1 aromatic carbocycles. The van der Waals surface area contributed by atoms with Gasteiger partial charge in [-0.1, -0.05) is 177 Å². The summed E-state index contributed by atoms with van der Waals surface area (Å²) < 4.78 is 83.9. The van der Waals surface area contributed by atoms with Crippen molar-refractivity contribution in [3.63, 3.8) is 0 Å². The number of para-hydroxylation sites is 1. The van der Waals surface area contributed by atoms with Gasteiger partial charge in [0.05, 0.1) is 71.6 Å². The molecule has 2 amide bonds. The Morgan fingerprint density at radius 2 is 0.648 bits per heavy atom. The van der Waals surface area contributed by atoms with Gasteiger partial charge in [0.2, 0.25) is 20.0 Å². The summed E-state index contributed by atoms with van der Waals surface area (Å²) in [5, 5.41) is 14.8. The first kappa shape index (κ1) is 104. The molecule has 4 spiro atoms. The summed E-state index contributed by atoms with van der Waals surface area (Å²) in [6.07, 6.45) is 70.0. The SMILES string of the molecule is CC1=C2C[C@H]3[C@@H](CC[C@@H]4C[C@@H](NC(=O)Nc5ccccc5)CC[C@@]43C)[C@@H]2CC[C@@]2(C1)O[C@@H]1C[C@H](C)CC[C@H]1[C@H]2C.CC1=C2C[C@H]3[C@@H](CC[C@@H]4C[C@@H](NS(C)(=O)=O)CC[C@@]43C)[C@@H]2CC[C@@]2(C1)O[C@@H]1C[C@H](C)CC[C@H]1[C@H]2C.CC1=C2C[C@H]3[C@@H](CC[C@@H]4C[C@@H](n5ccnn5)CC[C@@]43C)[C@@H]2CC[C@@]2(C1)O[C@@H]1C[C@H](C)CC[C@H]1[C@H]2C.CC1=C2C[C@H]3[C@@H](CC[C@@H]4C[C@H](NS(C)(=O)=O)CC[C@@]43C)[C@@H]2CC[C@@]2(C1)O[C@@H]1C[C@H](C)CC[C@H]1[C@H]2C. The van der Waals surface area contributed by atoms with Crippen LogP contribution in [0.5, 0.6) is 0 Å². The lowest BCUT2D eigenvalue weighted by atomic mass is 9.52. The van der Waals surface area contributed by atoms with Gasteiger partial charge in [-0.25, -0.2) is 35.8 Å². The Morgan fingerprint density at radius 3 is 0.959 bits per heavy atom. The standard InChI is InChI=1S/C36H52N2O2.C31H47N3O.2C30H49NO3S/c1-22-10-12-28-24(3)36(40-33(28)18-22)17-15-29-30-13-11-25-19-27(38-34(39)37-26-8-6-5-7-9-26)14-16-35(25,4)32(30)20-31(29)23(2)21-36;1-19-5-7-24-21(3)31(35-29(24)15-19)12-10-25-26-8-6-22-16-23(34-14-13-32-33-34)9-11-30(22,4)28(26)17-27(25)20(2)18-31;2*1-18-6-8-23-20(3)30(34-28(23)14-18)13-11-24-25-9-7-21-15-22(31-35(5,32)33)10-12-29(21,4)27(25)16-26(24)19(2)17-30/h5-9,22,24-25,27-30,32-33H,10-21H2,1-4H3,(H2,37,38,39);13-14,19,21-26,28-29H,5-12,15-18H2,1-4H3;2*18,20-25,27-28,31H,6-17H2,1-5H3/t22-,24-,25-,27+,28+,29+,30+,32+,33-,35+,36+;19-,21-,22-,23+,24+,25+,26+,28+,29-,30+,31+;18-,20-,21-,22+,23+,24+,25+,27+,28-,29+,30+;18-,20-,21-,22-,23+,24+,25+,27+,28-,29+,30+/m1111/s1.